The average Bonchev–Trinajstić information content (AvgIpc) is 1.72. The second-order valence-electron chi connectivity index (χ2n) is 1.45. The van der Waals surface area contributed by atoms with Crippen LogP contribution < -0.4 is 0 Å². The van der Waals surface area contributed by atoms with Gasteiger partial charge in [-0.1, -0.05) is 18.7 Å². The van der Waals surface area contributed by atoms with E-state index in [9.17, 15) is 4.79 Å². The van der Waals surface area contributed by atoms with Gasteiger partial charge in [0, 0.05) is 6.42 Å². The van der Waals surface area contributed by atoms with Crippen LogP contribution in [0.25, 0.3) is 0 Å². The molecule has 0 aliphatic rings. The lowest BCUT2D eigenvalue weighted by molar-refractivity contribution is -0.117. The van der Waals surface area contributed by atoms with E-state index >= 15 is 0 Å². The predicted octanol–water partition coefficient (Wildman–Crippen LogP) is 1.97. The van der Waals surface area contributed by atoms with E-state index in [1.165, 1.54) is 0 Å². The Morgan fingerprint density at radius 1 is 1.62 bits per heavy atom. The molecule has 3 heteroatoms. The van der Waals surface area contributed by atoms with Crippen LogP contribution >= 0.6 is 8.02 Å². The minimum atomic E-state index is 0.289. The largest absolute Gasteiger partial charge is 0.300 e. The van der Waals surface area contributed by atoms with Crippen LogP contribution in [0, 0.1) is 0 Å². The summed E-state index contributed by atoms with van der Waals surface area (Å²) in [5.41, 5.74) is 0. The van der Waals surface area contributed by atoms with E-state index in [0.29, 0.717) is 0 Å². The maximum atomic E-state index is 10.0. The molecule has 1 nitrogen and oxygen atoms in total. The number of Topliss-reactive ketones (excluding diaryl/α,β-unsaturated/α-hetero) is 1. The van der Waals surface area contributed by atoms with Gasteiger partial charge in [0.1, 0.15) is 5.78 Å². The first-order chi connectivity index (χ1) is 3.77. The van der Waals surface area contributed by atoms with Crippen molar-refractivity contribution in [1.29, 1.82) is 0 Å². The zero-order valence-electron chi connectivity index (χ0n) is 5.23. The lowest BCUT2D eigenvalue weighted by atomic mass is 10.3. The monoisotopic (exact) mass is 150 g/mol. The molecule has 0 saturated carbocycles. The molecule has 0 amide bonds. The molecule has 0 saturated heterocycles. The van der Waals surface area contributed by atoms with Gasteiger partial charge in [-0.15, -0.1) is 0 Å². The number of rotatable bonds is 2. The first-order valence-corrected chi connectivity index (χ1v) is 4.10. The molecule has 0 fully saturated rings. The predicted molar refractivity (Wildman–Crippen MR) is 41.3 cm³/mol. The normalized spacial score (nSPS) is 6.75. The van der Waals surface area contributed by atoms with Crippen LogP contribution in [0.5, 0.6) is 0 Å². The SMILES string of the molecule is CCCC(C)=O.P=S. The highest BCUT2D eigenvalue weighted by molar-refractivity contribution is 7.88. The molecule has 0 spiro atoms. The Bertz CT molecular complexity index is 65.4. The van der Waals surface area contributed by atoms with E-state index in [2.05, 4.69) is 19.8 Å². The van der Waals surface area contributed by atoms with Crippen molar-refractivity contribution in [3.05, 3.63) is 0 Å². The van der Waals surface area contributed by atoms with Gasteiger partial charge in [-0.05, 0) is 21.4 Å². The van der Waals surface area contributed by atoms with E-state index in [1.807, 2.05) is 6.92 Å². The number of hydrogen-bond acceptors (Lipinski definition) is 2. The Morgan fingerprint density at radius 2 is 2.00 bits per heavy atom. The third-order valence-electron chi connectivity index (χ3n) is 0.602. The molecule has 0 atom stereocenters. The average molecular weight is 150 g/mol. The van der Waals surface area contributed by atoms with Crippen molar-refractivity contribution in [1.82, 2.24) is 0 Å². The zero-order chi connectivity index (χ0) is 6.99. The van der Waals surface area contributed by atoms with Crippen molar-refractivity contribution in [3.8, 4) is 0 Å². The molecular formula is C5H11OPS. The van der Waals surface area contributed by atoms with E-state index in [4.69, 9.17) is 0 Å². The van der Waals surface area contributed by atoms with Crippen LogP contribution in [-0.2, 0) is 16.6 Å². The molecule has 0 heterocycles. The maximum Gasteiger partial charge on any atom is 0.129 e. The fourth-order valence-electron chi connectivity index (χ4n) is 0.352. The van der Waals surface area contributed by atoms with Gasteiger partial charge in [0.2, 0.25) is 0 Å². The molecule has 0 rings (SSSR count). The molecule has 48 valence electrons. The minimum absolute atomic E-state index is 0.289. The van der Waals surface area contributed by atoms with Crippen molar-refractivity contribution in [3.63, 3.8) is 0 Å². The Labute approximate surface area is 57.7 Å². The Kier molecular flexibility index (Phi) is 14.1. The van der Waals surface area contributed by atoms with Crippen molar-refractivity contribution >= 4 is 25.6 Å². The molecule has 0 aliphatic carbocycles. The Morgan fingerprint density at radius 3 is 2.00 bits per heavy atom. The standard InChI is InChI=1S/C5H10O.HPS/c1-3-4-5(2)6;1-2/h3-4H2,1-2H3;1H. The van der Waals surface area contributed by atoms with Crippen LogP contribution in [-0.4, -0.2) is 5.78 Å². The van der Waals surface area contributed by atoms with Crippen LogP contribution in [0.3, 0.4) is 0 Å². The first kappa shape index (κ1) is 11.0. The number of carbonyl (C=O) groups is 1. The smallest absolute Gasteiger partial charge is 0.129 e. The van der Waals surface area contributed by atoms with E-state index in [1.54, 1.807) is 6.92 Å². The summed E-state index contributed by atoms with van der Waals surface area (Å²) in [6, 6.07) is 0. The topological polar surface area (TPSA) is 17.1 Å². The van der Waals surface area contributed by atoms with Crippen molar-refractivity contribution < 1.29 is 4.79 Å². The maximum absolute atomic E-state index is 10.0. The quantitative estimate of drug-likeness (QED) is 0.560. The van der Waals surface area contributed by atoms with Crippen LogP contribution in [0.1, 0.15) is 26.7 Å². The van der Waals surface area contributed by atoms with Gasteiger partial charge >= 0.3 is 0 Å². The minimum Gasteiger partial charge on any atom is -0.300 e. The summed E-state index contributed by atoms with van der Waals surface area (Å²) in [7, 11) is 2.56. The second-order valence-corrected chi connectivity index (χ2v) is 1.45. The molecule has 0 aromatic carbocycles. The molecule has 0 aliphatic heterocycles. The van der Waals surface area contributed by atoms with E-state index in [-0.39, 0.29) is 5.78 Å². The summed E-state index contributed by atoms with van der Waals surface area (Å²) < 4.78 is 0. The number of ketones is 1. The van der Waals surface area contributed by atoms with Gasteiger partial charge in [0.25, 0.3) is 0 Å². The molecule has 0 N–H and O–H groups in total. The van der Waals surface area contributed by atoms with Crippen molar-refractivity contribution in [2.75, 3.05) is 0 Å². The summed E-state index contributed by atoms with van der Waals surface area (Å²) in [5, 5.41) is 0. The highest BCUT2D eigenvalue weighted by Crippen LogP contribution is 1.84. The zero-order valence-corrected chi connectivity index (χ0v) is 7.05. The highest BCUT2D eigenvalue weighted by atomic mass is 32.4. The molecule has 0 aromatic rings. The third-order valence-corrected chi connectivity index (χ3v) is 0.602. The van der Waals surface area contributed by atoms with E-state index in [0.717, 1.165) is 12.8 Å². The van der Waals surface area contributed by atoms with Gasteiger partial charge in [0.05, 0.1) is 0 Å². The second kappa shape index (κ2) is 10.2. The molecule has 0 aromatic heterocycles. The van der Waals surface area contributed by atoms with Crippen LogP contribution in [0.2, 0.25) is 0 Å². The summed E-state index contributed by atoms with van der Waals surface area (Å²) in [6.45, 7) is 3.62. The molecule has 8 heavy (non-hydrogen) atoms. The van der Waals surface area contributed by atoms with Gasteiger partial charge in [-0.25, -0.2) is 0 Å². The van der Waals surface area contributed by atoms with Crippen LogP contribution in [0.4, 0.5) is 0 Å². The van der Waals surface area contributed by atoms with E-state index < -0.39 is 0 Å². The molecule has 0 bridgehead atoms. The third kappa shape index (κ3) is 16.4. The van der Waals surface area contributed by atoms with Gasteiger partial charge in [-0.2, -0.15) is 0 Å². The summed E-state index contributed by atoms with van der Waals surface area (Å²) in [5.74, 6) is 0.289. The summed E-state index contributed by atoms with van der Waals surface area (Å²) >= 11 is 3.89. The summed E-state index contributed by atoms with van der Waals surface area (Å²) in [4.78, 5) is 10.0. The lowest BCUT2D eigenvalue weighted by Crippen LogP contribution is -1.84. The number of carbonyl (C=O) groups excluding carboxylic acids is 1. The molecule has 0 radical (unpaired) electrons. The van der Waals surface area contributed by atoms with Gasteiger partial charge in [0.15, 0.2) is 0 Å². The molecular weight excluding hydrogens is 139 g/mol. The Balaban J connectivity index is 0. The van der Waals surface area contributed by atoms with Crippen LogP contribution in [0.15, 0.2) is 0 Å². The fourth-order valence-corrected chi connectivity index (χ4v) is 0.352. The Hall–Kier alpha value is 0.190. The fraction of sp³-hybridized carbons (Fsp3) is 0.800. The van der Waals surface area contributed by atoms with Crippen molar-refractivity contribution in [2.24, 2.45) is 0 Å². The lowest BCUT2D eigenvalue weighted by Gasteiger charge is -1.80. The number of hydrogen-bond donors (Lipinski definition) is 0. The summed E-state index contributed by atoms with van der Waals surface area (Å²) in [6.07, 6.45) is 1.72. The van der Waals surface area contributed by atoms with Gasteiger partial charge in [-0.3, -0.25) is 0 Å². The molecule has 0 unspecified atom stereocenters. The first-order valence-electron chi connectivity index (χ1n) is 2.47. The highest BCUT2D eigenvalue weighted by Gasteiger charge is 1.83. The van der Waals surface area contributed by atoms with Crippen molar-refractivity contribution in [2.45, 2.75) is 26.7 Å². The van der Waals surface area contributed by atoms with Gasteiger partial charge < -0.3 is 4.79 Å².